The van der Waals surface area contributed by atoms with E-state index >= 15 is 0 Å². The zero-order valence-electron chi connectivity index (χ0n) is 12.8. The maximum atomic E-state index is 11.2. The van der Waals surface area contributed by atoms with Crippen LogP contribution in [-0.2, 0) is 33.3 Å². The van der Waals surface area contributed by atoms with Crippen molar-refractivity contribution in [2.24, 2.45) is 5.11 Å². The Morgan fingerprint density at radius 3 is 2.32 bits per heavy atom. The largest absolute Gasteiger partial charge is 0.453 e. The van der Waals surface area contributed by atoms with Crippen LogP contribution in [-0.4, -0.2) is 63.4 Å². The van der Waals surface area contributed by atoms with Crippen LogP contribution >= 0.6 is 0 Å². The SMILES string of the molecule is COC[C@@H](N=[N+]=[N-])[C@H]1OC(OC(C)=O)[C@H](OC(C)=O)[C@@H]1OC. The summed E-state index contributed by atoms with van der Waals surface area (Å²) in [6.45, 7) is 2.47. The molecule has 0 radical (unpaired) electrons. The Morgan fingerprint density at radius 1 is 1.23 bits per heavy atom. The summed E-state index contributed by atoms with van der Waals surface area (Å²) in [6, 6.07) is -0.737. The van der Waals surface area contributed by atoms with E-state index in [0.29, 0.717) is 0 Å². The Morgan fingerprint density at radius 2 is 1.86 bits per heavy atom. The van der Waals surface area contributed by atoms with E-state index in [2.05, 4.69) is 10.0 Å². The first-order valence-electron chi connectivity index (χ1n) is 6.50. The van der Waals surface area contributed by atoms with Crippen LogP contribution in [0.25, 0.3) is 10.4 Å². The summed E-state index contributed by atoms with van der Waals surface area (Å²) >= 11 is 0. The van der Waals surface area contributed by atoms with Gasteiger partial charge >= 0.3 is 11.9 Å². The number of esters is 2. The molecule has 1 aliphatic rings. The third-order valence-electron chi connectivity index (χ3n) is 2.98. The van der Waals surface area contributed by atoms with Crippen molar-refractivity contribution in [1.29, 1.82) is 0 Å². The molecule has 0 bridgehead atoms. The van der Waals surface area contributed by atoms with Crippen LogP contribution in [0.2, 0.25) is 0 Å². The fourth-order valence-corrected chi connectivity index (χ4v) is 2.23. The molecule has 0 aromatic rings. The number of ether oxygens (including phenoxy) is 5. The molecule has 1 rings (SSSR count). The third-order valence-corrected chi connectivity index (χ3v) is 2.98. The topological polar surface area (TPSA) is 129 Å². The smallest absolute Gasteiger partial charge is 0.305 e. The van der Waals surface area contributed by atoms with Crippen molar-refractivity contribution < 1.29 is 33.3 Å². The van der Waals surface area contributed by atoms with Crippen LogP contribution in [0.4, 0.5) is 0 Å². The molecule has 0 aromatic carbocycles. The lowest BCUT2D eigenvalue weighted by Crippen LogP contribution is -2.43. The number of methoxy groups -OCH3 is 2. The Labute approximate surface area is 127 Å². The second kappa shape index (κ2) is 8.54. The zero-order chi connectivity index (χ0) is 16.7. The van der Waals surface area contributed by atoms with E-state index in [0.717, 1.165) is 0 Å². The summed E-state index contributed by atoms with van der Waals surface area (Å²) in [6.07, 6.45) is -3.69. The van der Waals surface area contributed by atoms with Gasteiger partial charge in [0.1, 0.15) is 12.2 Å². The molecule has 0 N–H and O–H groups in total. The molecular weight excluding hydrogens is 298 g/mol. The Kier molecular flexibility index (Phi) is 7.06. The van der Waals surface area contributed by atoms with Crippen LogP contribution in [0.5, 0.6) is 0 Å². The molecule has 5 atom stereocenters. The quantitative estimate of drug-likeness (QED) is 0.290. The molecule has 1 heterocycles. The van der Waals surface area contributed by atoms with Crippen molar-refractivity contribution in [2.45, 2.75) is 44.5 Å². The Bertz CT molecular complexity index is 452. The maximum absolute atomic E-state index is 11.2. The highest BCUT2D eigenvalue weighted by atomic mass is 16.7. The number of rotatable bonds is 7. The van der Waals surface area contributed by atoms with Crippen LogP contribution in [0.3, 0.4) is 0 Å². The monoisotopic (exact) mass is 317 g/mol. The van der Waals surface area contributed by atoms with Gasteiger partial charge in [0, 0.05) is 33.0 Å². The summed E-state index contributed by atoms with van der Waals surface area (Å²) in [5, 5.41) is 3.59. The second-order valence-electron chi connectivity index (χ2n) is 4.58. The minimum atomic E-state index is -1.15. The highest BCUT2D eigenvalue weighted by molar-refractivity contribution is 5.67. The van der Waals surface area contributed by atoms with Gasteiger partial charge in [-0.25, -0.2) is 0 Å². The van der Waals surface area contributed by atoms with E-state index < -0.39 is 42.6 Å². The molecule has 0 aliphatic carbocycles. The van der Waals surface area contributed by atoms with Gasteiger partial charge < -0.3 is 23.7 Å². The fraction of sp³-hybridized carbons (Fsp3) is 0.833. The van der Waals surface area contributed by atoms with Crippen molar-refractivity contribution in [2.75, 3.05) is 20.8 Å². The fourth-order valence-electron chi connectivity index (χ4n) is 2.23. The van der Waals surface area contributed by atoms with Crippen molar-refractivity contribution in [3.05, 3.63) is 10.4 Å². The van der Waals surface area contributed by atoms with Crippen LogP contribution in [0.15, 0.2) is 5.11 Å². The number of azide groups is 1. The van der Waals surface area contributed by atoms with Gasteiger partial charge in [0.15, 0.2) is 6.10 Å². The van der Waals surface area contributed by atoms with Gasteiger partial charge in [-0.15, -0.1) is 0 Å². The predicted octanol–water partition coefficient (Wildman–Crippen LogP) is 0.546. The summed E-state index contributed by atoms with van der Waals surface area (Å²) in [5.41, 5.74) is 8.64. The molecule has 0 aromatic heterocycles. The van der Waals surface area contributed by atoms with E-state index in [9.17, 15) is 9.59 Å². The van der Waals surface area contributed by atoms with Gasteiger partial charge in [-0.05, 0) is 5.53 Å². The first kappa shape index (κ1) is 18.2. The molecule has 0 saturated carbocycles. The van der Waals surface area contributed by atoms with Crippen molar-refractivity contribution in [3.8, 4) is 0 Å². The van der Waals surface area contributed by atoms with E-state index in [1.165, 1.54) is 28.1 Å². The summed E-state index contributed by atoms with van der Waals surface area (Å²) in [5.74, 6) is -1.19. The standard InChI is InChI=1S/C12H19N3O7/c1-6(16)20-11-10(19-4)9(8(5-18-3)14-15-13)22-12(11)21-7(2)17/h8-12H,5H2,1-4H3/t8-,9-,10-,11-,12?/m1/s1. The minimum absolute atomic E-state index is 0.0637. The first-order valence-corrected chi connectivity index (χ1v) is 6.50. The van der Waals surface area contributed by atoms with Gasteiger partial charge in [-0.1, -0.05) is 5.11 Å². The van der Waals surface area contributed by atoms with E-state index in [-0.39, 0.29) is 6.61 Å². The molecule has 10 heteroatoms. The minimum Gasteiger partial charge on any atom is -0.453 e. The van der Waals surface area contributed by atoms with Crippen LogP contribution in [0, 0.1) is 0 Å². The molecular formula is C12H19N3O7. The molecule has 1 aliphatic heterocycles. The average molecular weight is 317 g/mol. The maximum Gasteiger partial charge on any atom is 0.305 e. The second-order valence-corrected chi connectivity index (χ2v) is 4.58. The normalized spacial score (nSPS) is 28.5. The highest BCUT2D eigenvalue weighted by Gasteiger charge is 2.51. The lowest BCUT2D eigenvalue weighted by molar-refractivity contribution is -0.196. The van der Waals surface area contributed by atoms with Crippen LogP contribution < -0.4 is 0 Å². The molecule has 1 fully saturated rings. The first-order chi connectivity index (χ1) is 10.4. The van der Waals surface area contributed by atoms with Gasteiger partial charge in [0.2, 0.25) is 6.29 Å². The Balaban J connectivity index is 3.04. The Hall–Kier alpha value is -1.87. The predicted molar refractivity (Wildman–Crippen MR) is 71.6 cm³/mol. The number of carbonyl (C=O) groups is 2. The summed E-state index contributed by atoms with van der Waals surface area (Å²) in [7, 11) is 2.82. The third kappa shape index (κ3) is 4.57. The van der Waals surface area contributed by atoms with E-state index in [1.807, 2.05) is 0 Å². The van der Waals surface area contributed by atoms with E-state index in [4.69, 9.17) is 29.2 Å². The van der Waals surface area contributed by atoms with Crippen molar-refractivity contribution in [3.63, 3.8) is 0 Å². The van der Waals surface area contributed by atoms with Gasteiger partial charge in [-0.2, -0.15) is 0 Å². The number of hydrogen-bond acceptors (Lipinski definition) is 8. The summed E-state index contributed by atoms with van der Waals surface area (Å²) in [4.78, 5) is 25.1. The number of nitrogens with zero attached hydrogens (tertiary/aromatic N) is 3. The number of hydrogen-bond donors (Lipinski definition) is 0. The molecule has 22 heavy (non-hydrogen) atoms. The van der Waals surface area contributed by atoms with Crippen molar-refractivity contribution >= 4 is 11.9 Å². The molecule has 1 saturated heterocycles. The molecule has 0 amide bonds. The molecule has 1 unspecified atom stereocenters. The number of carbonyl (C=O) groups excluding carboxylic acids is 2. The van der Waals surface area contributed by atoms with Gasteiger partial charge in [-0.3, -0.25) is 9.59 Å². The summed E-state index contributed by atoms with van der Waals surface area (Å²) < 4.78 is 26.0. The molecule has 0 spiro atoms. The lowest BCUT2D eigenvalue weighted by atomic mass is 10.0. The average Bonchev–Trinajstić information content (AvgIpc) is 2.75. The van der Waals surface area contributed by atoms with Crippen molar-refractivity contribution in [1.82, 2.24) is 0 Å². The van der Waals surface area contributed by atoms with Gasteiger partial charge in [0.25, 0.3) is 0 Å². The van der Waals surface area contributed by atoms with Gasteiger partial charge in [0.05, 0.1) is 12.6 Å². The lowest BCUT2D eigenvalue weighted by Gasteiger charge is -2.24. The zero-order valence-corrected chi connectivity index (χ0v) is 12.8. The molecule has 10 nitrogen and oxygen atoms in total. The molecule has 124 valence electrons. The highest BCUT2D eigenvalue weighted by Crippen LogP contribution is 2.30. The van der Waals surface area contributed by atoms with E-state index in [1.54, 1.807) is 0 Å². The van der Waals surface area contributed by atoms with Crippen LogP contribution in [0.1, 0.15) is 13.8 Å².